The van der Waals surface area contributed by atoms with E-state index < -0.39 is 0 Å². The van der Waals surface area contributed by atoms with E-state index in [1.54, 1.807) is 7.11 Å². The van der Waals surface area contributed by atoms with Gasteiger partial charge >= 0.3 is 0 Å². The fourth-order valence-electron chi connectivity index (χ4n) is 7.84. The van der Waals surface area contributed by atoms with Crippen molar-refractivity contribution >= 4 is 5.91 Å². The van der Waals surface area contributed by atoms with Crippen molar-refractivity contribution in [2.45, 2.75) is 56.6 Å². The van der Waals surface area contributed by atoms with E-state index in [2.05, 4.69) is 10.2 Å². The number of benzene rings is 1. The van der Waals surface area contributed by atoms with Crippen molar-refractivity contribution in [2.24, 2.45) is 23.2 Å². The van der Waals surface area contributed by atoms with Crippen LogP contribution in [0, 0.1) is 23.2 Å². The van der Waals surface area contributed by atoms with Crippen LogP contribution in [0.5, 0.6) is 11.5 Å². The molecule has 1 amide bonds. The molecular weight excluding hydrogens is 364 g/mol. The molecule has 0 radical (unpaired) electrons. The van der Waals surface area contributed by atoms with Gasteiger partial charge in [0.2, 0.25) is 5.91 Å². The summed E-state index contributed by atoms with van der Waals surface area (Å²) < 4.78 is 11.6. The van der Waals surface area contributed by atoms with Gasteiger partial charge in [-0.15, -0.1) is 0 Å². The van der Waals surface area contributed by atoms with Gasteiger partial charge in [-0.05, 0) is 80.2 Å². The minimum absolute atomic E-state index is 0.142. The summed E-state index contributed by atoms with van der Waals surface area (Å²) in [6, 6.07) is 7.83. The van der Waals surface area contributed by atoms with E-state index in [9.17, 15) is 4.79 Å². The van der Waals surface area contributed by atoms with E-state index in [0.717, 1.165) is 55.2 Å². The molecule has 4 saturated carbocycles. The second-order valence-electron chi connectivity index (χ2n) is 10.3. The lowest BCUT2D eigenvalue weighted by Gasteiger charge is -2.66. The zero-order chi connectivity index (χ0) is 19.6. The van der Waals surface area contributed by atoms with Crippen molar-refractivity contribution in [3.8, 4) is 11.5 Å². The molecule has 29 heavy (non-hydrogen) atoms. The summed E-state index contributed by atoms with van der Waals surface area (Å²) in [5.41, 5.74) is 0.810. The Morgan fingerprint density at radius 3 is 2.41 bits per heavy atom. The second-order valence-corrected chi connectivity index (χ2v) is 10.3. The van der Waals surface area contributed by atoms with Crippen LogP contribution in [0.25, 0.3) is 0 Å². The lowest BCUT2D eigenvalue weighted by molar-refractivity contribution is -0.176. The van der Waals surface area contributed by atoms with Gasteiger partial charge < -0.3 is 14.8 Å². The maximum Gasteiger partial charge on any atom is 0.234 e. The van der Waals surface area contributed by atoms with Gasteiger partial charge in [-0.25, -0.2) is 0 Å². The van der Waals surface area contributed by atoms with Crippen molar-refractivity contribution in [3.63, 3.8) is 0 Å². The van der Waals surface area contributed by atoms with Crippen LogP contribution in [0.2, 0.25) is 0 Å². The van der Waals surface area contributed by atoms with Gasteiger partial charge in [0, 0.05) is 18.6 Å². The van der Waals surface area contributed by atoms with Crippen LogP contribution in [0.1, 0.15) is 44.9 Å². The van der Waals surface area contributed by atoms with Crippen molar-refractivity contribution in [3.05, 3.63) is 24.3 Å². The highest BCUT2D eigenvalue weighted by molar-refractivity contribution is 5.79. The zero-order valence-electron chi connectivity index (χ0n) is 17.4. The van der Waals surface area contributed by atoms with E-state index in [-0.39, 0.29) is 17.6 Å². The van der Waals surface area contributed by atoms with Crippen molar-refractivity contribution in [1.82, 2.24) is 10.2 Å². The fourth-order valence-corrected chi connectivity index (χ4v) is 7.84. The summed E-state index contributed by atoms with van der Waals surface area (Å²) in [5.74, 6) is 4.68. The van der Waals surface area contributed by atoms with Gasteiger partial charge in [-0.3, -0.25) is 9.69 Å². The average molecular weight is 397 g/mol. The Hall–Kier alpha value is -1.75. The summed E-state index contributed by atoms with van der Waals surface area (Å²) in [7, 11) is 1.67. The number of rotatable bonds is 6. The molecule has 2 bridgehead atoms. The van der Waals surface area contributed by atoms with Crippen molar-refractivity contribution < 1.29 is 14.3 Å². The van der Waals surface area contributed by atoms with Crippen LogP contribution in [0.4, 0.5) is 0 Å². The molecule has 1 aromatic rings. The molecule has 1 N–H and O–H groups in total. The van der Waals surface area contributed by atoms with E-state index in [1.165, 1.54) is 32.1 Å². The maximum atomic E-state index is 12.9. The largest absolute Gasteiger partial charge is 0.493 e. The average Bonchev–Trinajstić information content (AvgIpc) is 3.16. The molecule has 5 nitrogen and oxygen atoms in total. The third kappa shape index (κ3) is 2.66. The number of hydrogen-bond acceptors (Lipinski definition) is 4. The molecule has 1 aromatic carbocycles. The molecule has 5 fully saturated rings. The molecule has 6 rings (SSSR count). The van der Waals surface area contributed by atoms with Crippen LogP contribution in [-0.4, -0.2) is 49.2 Å². The first-order valence-electron chi connectivity index (χ1n) is 11.4. The normalized spacial score (nSPS) is 40.0. The van der Waals surface area contributed by atoms with Crippen LogP contribution < -0.4 is 14.8 Å². The Labute approximate surface area is 173 Å². The number of nitrogens with zero attached hydrogens (tertiary/aromatic N) is 1. The SMILES string of the molecule is COc1ccccc1OC1CCN(CC(=O)NC23CC4CC5CC(C2)C54C3)CC1. The Bertz CT molecular complexity index is 800. The van der Waals surface area contributed by atoms with Crippen LogP contribution >= 0.6 is 0 Å². The molecule has 5 heteroatoms. The lowest BCUT2D eigenvalue weighted by Crippen LogP contribution is -2.60. The highest BCUT2D eigenvalue weighted by atomic mass is 16.5. The Balaban J connectivity index is 0.999. The second kappa shape index (κ2) is 6.37. The summed E-state index contributed by atoms with van der Waals surface area (Å²) in [5, 5.41) is 3.52. The first-order valence-corrected chi connectivity index (χ1v) is 11.4. The molecule has 1 aliphatic heterocycles. The smallest absolute Gasteiger partial charge is 0.234 e. The number of nitrogens with one attached hydrogen (secondary N) is 1. The zero-order valence-corrected chi connectivity index (χ0v) is 17.4. The number of carbonyl (C=O) groups is 1. The van der Waals surface area contributed by atoms with E-state index >= 15 is 0 Å². The third-order valence-corrected chi connectivity index (χ3v) is 9.01. The number of hydrogen-bond donors (Lipinski definition) is 1. The van der Waals surface area contributed by atoms with Gasteiger partial charge in [0.1, 0.15) is 6.10 Å². The Morgan fingerprint density at radius 2 is 1.79 bits per heavy atom. The summed E-state index contributed by atoms with van der Waals surface area (Å²) in [6.45, 7) is 2.36. The van der Waals surface area contributed by atoms with Crippen LogP contribution in [0.15, 0.2) is 24.3 Å². The summed E-state index contributed by atoms with van der Waals surface area (Å²) in [6.07, 6.45) is 8.75. The quantitative estimate of drug-likeness (QED) is 0.802. The number of fused-ring (bicyclic) bond motifs is 1. The topological polar surface area (TPSA) is 50.8 Å². The minimum atomic E-state index is 0.142. The maximum absolute atomic E-state index is 12.9. The molecule has 1 heterocycles. The predicted octanol–water partition coefficient (Wildman–Crippen LogP) is 3.23. The Morgan fingerprint density at radius 1 is 1.10 bits per heavy atom. The fraction of sp³-hybridized carbons (Fsp3) is 0.708. The number of ether oxygens (including phenoxy) is 2. The number of amides is 1. The molecule has 2 unspecified atom stereocenters. The molecule has 1 saturated heterocycles. The van der Waals surface area contributed by atoms with Crippen molar-refractivity contribution in [1.29, 1.82) is 0 Å². The number of likely N-dealkylation sites (tertiary alicyclic amines) is 1. The first kappa shape index (κ1) is 18.1. The van der Waals surface area contributed by atoms with Crippen molar-refractivity contribution in [2.75, 3.05) is 26.7 Å². The number of carbonyl (C=O) groups excluding carboxylic acids is 1. The van der Waals surface area contributed by atoms with Crippen LogP contribution in [0.3, 0.4) is 0 Å². The van der Waals surface area contributed by atoms with Crippen LogP contribution in [-0.2, 0) is 4.79 Å². The van der Waals surface area contributed by atoms with Gasteiger partial charge in [0.15, 0.2) is 11.5 Å². The van der Waals surface area contributed by atoms with Gasteiger partial charge in [-0.1, -0.05) is 12.1 Å². The highest BCUT2D eigenvalue weighted by Gasteiger charge is 2.77. The predicted molar refractivity (Wildman–Crippen MR) is 110 cm³/mol. The molecule has 4 aliphatic carbocycles. The van der Waals surface area contributed by atoms with Gasteiger partial charge in [-0.2, -0.15) is 0 Å². The monoisotopic (exact) mass is 396 g/mol. The number of para-hydroxylation sites is 2. The summed E-state index contributed by atoms with van der Waals surface area (Å²) in [4.78, 5) is 15.2. The minimum Gasteiger partial charge on any atom is -0.493 e. The third-order valence-electron chi connectivity index (χ3n) is 9.01. The molecular formula is C24H32N2O3. The van der Waals surface area contributed by atoms with Gasteiger partial charge in [0.05, 0.1) is 13.7 Å². The first-order chi connectivity index (χ1) is 14.1. The molecule has 2 atom stereocenters. The standard InChI is InChI=1S/C24H32N2O3/c1-28-20-4-2-3-5-21(20)29-19-6-8-26(9-7-19)14-22(27)25-23-12-17-10-16-11-18(13-23)24(16,17)15-23/h2-5,16-19H,6-15H2,1H3,(H,25,27). The molecule has 1 spiro atoms. The highest BCUT2D eigenvalue weighted by Crippen LogP contribution is 2.82. The van der Waals surface area contributed by atoms with E-state index in [4.69, 9.17) is 9.47 Å². The summed E-state index contributed by atoms with van der Waals surface area (Å²) >= 11 is 0. The van der Waals surface area contributed by atoms with E-state index in [0.29, 0.717) is 12.0 Å². The number of methoxy groups -OCH3 is 1. The molecule has 5 aliphatic rings. The Kier molecular flexibility index (Phi) is 3.97. The van der Waals surface area contributed by atoms with E-state index in [1.807, 2.05) is 24.3 Å². The number of piperidine rings is 1. The molecule has 0 aromatic heterocycles. The van der Waals surface area contributed by atoms with Gasteiger partial charge in [0.25, 0.3) is 0 Å². The lowest BCUT2D eigenvalue weighted by atomic mass is 9.38. The molecule has 156 valence electrons.